The van der Waals surface area contributed by atoms with E-state index in [4.69, 9.17) is 4.74 Å². The van der Waals surface area contributed by atoms with Gasteiger partial charge < -0.3 is 15.4 Å². The third-order valence-corrected chi connectivity index (χ3v) is 6.06. The first-order valence-corrected chi connectivity index (χ1v) is 10.6. The minimum Gasteiger partial charge on any atom is -0.497 e. The van der Waals surface area contributed by atoms with Crippen molar-refractivity contribution in [3.05, 3.63) is 82.5 Å². The number of anilines is 1. The van der Waals surface area contributed by atoms with E-state index in [0.717, 1.165) is 11.3 Å². The molecule has 0 bridgehead atoms. The minimum atomic E-state index is -0.549. The zero-order chi connectivity index (χ0) is 23.0. The fourth-order valence-corrected chi connectivity index (χ4v) is 4.62. The third kappa shape index (κ3) is 4.05. The molecule has 4 rings (SSSR count). The molecular formula is C26H27FN2O3. The van der Waals surface area contributed by atoms with E-state index in [1.807, 2.05) is 31.2 Å². The summed E-state index contributed by atoms with van der Waals surface area (Å²) < 4.78 is 19.5. The maximum Gasteiger partial charge on any atom is 0.254 e. The smallest absolute Gasteiger partial charge is 0.254 e. The van der Waals surface area contributed by atoms with E-state index in [-0.39, 0.29) is 16.9 Å². The number of carbonyl (C=O) groups excluding carboxylic acids is 2. The highest BCUT2D eigenvalue weighted by atomic mass is 19.1. The van der Waals surface area contributed by atoms with Crippen LogP contribution in [0.1, 0.15) is 45.1 Å². The number of carbonyl (C=O) groups is 2. The lowest BCUT2D eigenvalue weighted by atomic mass is 9.68. The van der Waals surface area contributed by atoms with Gasteiger partial charge in [0, 0.05) is 34.9 Å². The first-order valence-electron chi connectivity index (χ1n) is 10.6. The Kier molecular flexibility index (Phi) is 5.63. The number of methoxy groups -OCH3 is 1. The maximum absolute atomic E-state index is 14.2. The number of hydrogen-bond donors (Lipinski definition) is 2. The largest absolute Gasteiger partial charge is 0.497 e. The fraction of sp³-hybridized carbons (Fsp3) is 0.308. The van der Waals surface area contributed by atoms with Crippen molar-refractivity contribution >= 4 is 17.4 Å². The summed E-state index contributed by atoms with van der Waals surface area (Å²) in [5.74, 6) is -0.795. The predicted molar refractivity (Wildman–Crippen MR) is 122 cm³/mol. The number of rotatable bonds is 4. The van der Waals surface area contributed by atoms with Crippen molar-refractivity contribution < 1.29 is 18.7 Å². The van der Waals surface area contributed by atoms with Crippen LogP contribution >= 0.6 is 0 Å². The van der Waals surface area contributed by atoms with Gasteiger partial charge in [-0.05, 0) is 48.6 Å². The van der Waals surface area contributed by atoms with E-state index in [1.165, 1.54) is 12.1 Å². The first kappa shape index (κ1) is 21.8. The van der Waals surface area contributed by atoms with Gasteiger partial charge in [0.05, 0.1) is 12.8 Å². The Morgan fingerprint density at radius 1 is 1.12 bits per heavy atom. The summed E-state index contributed by atoms with van der Waals surface area (Å²) in [6.45, 7) is 5.96. The number of para-hydroxylation sites is 1. The topological polar surface area (TPSA) is 67.4 Å². The van der Waals surface area contributed by atoms with Crippen LogP contribution in [0.2, 0.25) is 0 Å². The van der Waals surface area contributed by atoms with Crippen LogP contribution in [0.4, 0.5) is 10.1 Å². The molecule has 1 atom stereocenters. The van der Waals surface area contributed by atoms with E-state index < -0.39 is 17.6 Å². The van der Waals surface area contributed by atoms with Crippen molar-refractivity contribution in [1.82, 2.24) is 5.32 Å². The number of benzene rings is 2. The van der Waals surface area contributed by atoms with E-state index >= 15 is 0 Å². The maximum atomic E-state index is 14.2. The second-order valence-corrected chi connectivity index (χ2v) is 9.14. The Morgan fingerprint density at radius 3 is 2.47 bits per heavy atom. The van der Waals surface area contributed by atoms with Gasteiger partial charge >= 0.3 is 0 Å². The highest BCUT2D eigenvalue weighted by molar-refractivity contribution is 6.10. The van der Waals surface area contributed by atoms with Crippen molar-refractivity contribution in [2.45, 2.75) is 39.5 Å². The summed E-state index contributed by atoms with van der Waals surface area (Å²) in [7, 11) is 1.59. The zero-order valence-corrected chi connectivity index (χ0v) is 18.7. The van der Waals surface area contributed by atoms with Crippen LogP contribution in [0.15, 0.2) is 71.1 Å². The summed E-state index contributed by atoms with van der Waals surface area (Å²) in [6.07, 6.45) is 1.11. The van der Waals surface area contributed by atoms with Crippen molar-refractivity contribution in [2.75, 3.05) is 12.4 Å². The molecule has 166 valence electrons. The Morgan fingerprint density at radius 2 is 1.81 bits per heavy atom. The molecule has 0 unspecified atom stereocenters. The second kappa shape index (κ2) is 8.26. The van der Waals surface area contributed by atoms with Crippen LogP contribution in [0, 0.1) is 11.2 Å². The van der Waals surface area contributed by atoms with E-state index in [1.54, 1.807) is 19.2 Å². The van der Waals surface area contributed by atoms with Gasteiger partial charge in [-0.25, -0.2) is 4.39 Å². The number of nitrogens with one attached hydrogen (secondary N) is 2. The number of Topliss-reactive ketones (excluding diaryl/α,β-unsaturated/α-hetero) is 1. The molecule has 0 radical (unpaired) electrons. The Bertz CT molecular complexity index is 1150. The molecule has 2 aliphatic rings. The molecular weight excluding hydrogens is 407 g/mol. The van der Waals surface area contributed by atoms with Crippen molar-refractivity contribution in [2.24, 2.45) is 5.41 Å². The molecule has 0 fully saturated rings. The number of ketones is 1. The average molecular weight is 435 g/mol. The molecule has 0 aromatic heterocycles. The molecule has 5 nitrogen and oxygen atoms in total. The molecule has 1 aliphatic carbocycles. The SMILES string of the molecule is COc1ccc([C@H]2C(C(=O)Nc3ccccc3F)=C(C)NC3=C2C(=O)CC(C)(C)C3)cc1. The van der Waals surface area contributed by atoms with E-state index in [2.05, 4.69) is 24.5 Å². The van der Waals surface area contributed by atoms with E-state index in [0.29, 0.717) is 35.4 Å². The van der Waals surface area contributed by atoms with Crippen LogP contribution in [-0.2, 0) is 9.59 Å². The molecule has 2 aromatic carbocycles. The first-order chi connectivity index (χ1) is 15.2. The number of dihydropyridines is 1. The third-order valence-electron chi connectivity index (χ3n) is 6.06. The molecule has 1 amide bonds. The van der Waals surface area contributed by atoms with E-state index in [9.17, 15) is 14.0 Å². The van der Waals surface area contributed by atoms with Gasteiger partial charge in [-0.15, -0.1) is 0 Å². The van der Waals surface area contributed by atoms with Crippen molar-refractivity contribution in [3.8, 4) is 5.75 Å². The van der Waals surface area contributed by atoms with Crippen LogP contribution in [0.25, 0.3) is 0 Å². The van der Waals surface area contributed by atoms with Crippen LogP contribution in [0.5, 0.6) is 5.75 Å². The number of hydrogen-bond acceptors (Lipinski definition) is 4. The Balaban J connectivity index is 1.81. The Hall–Kier alpha value is -3.41. The van der Waals surface area contributed by atoms with Crippen LogP contribution in [-0.4, -0.2) is 18.8 Å². The Labute approximate surface area is 187 Å². The number of amides is 1. The van der Waals surface area contributed by atoms with Gasteiger partial charge in [0.15, 0.2) is 5.78 Å². The molecule has 2 N–H and O–H groups in total. The normalized spacial score (nSPS) is 19.9. The lowest BCUT2D eigenvalue weighted by molar-refractivity contribution is -0.118. The lowest BCUT2D eigenvalue weighted by Gasteiger charge is -2.39. The predicted octanol–water partition coefficient (Wildman–Crippen LogP) is 5.08. The molecule has 1 aliphatic heterocycles. The van der Waals surface area contributed by atoms with Crippen LogP contribution < -0.4 is 15.4 Å². The van der Waals surface area contributed by atoms with Crippen LogP contribution in [0.3, 0.4) is 0 Å². The molecule has 0 spiro atoms. The number of ether oxygens (including phenoxy) is 1. The summed E-state index contributed by atoms with van der Waals surface area (Å²) in [4.78, 5) is 26.7. The van der Waals surface area contributed by atoms with Crippen molar-refractivity contribution in [3.63, 3.8) is 0 Å². The number of allylic oxidation sites excluding steroid dienone is 3. The summed E-state index contributed by atoms with van der Waals surface area (Å²) in [6, 6.07) is 13.4. The summed E-state index contributed by atoms with van der Waals surface area (Å²) in [5, 5.41) is 6.01. The summed E-state index contributed by atoms with van der Waals surface area (Å²) in [5.41, 5.74) is 3.27. The number of halogens is 1. The second-order valence-electron chi connectivity index (χ2n) is 9.14. The molecule has 32 heavy (non-hydrogen) atoms. The summed E-state index contributed by atoms with van der Waals surface area (Å²) >= 11 is 0. The highest BCUT2D eigenvalue weighted by Crippen LogP contribution is 2.46. The van der Waals surface area contributed by atoms with Gasteiger partial charge in [-0.2, -0.15) is 0 Å². The minimum absolute atomic E-state index is 0.0215. The molecule has 0 saturated carbocycles. The molecule has 6 heteroatoms. The fourth-order valence-electron chi connectivity index (χ4n) is 4.62. The van der Waals surface area contributed by atoms with Gasteiger partial charge in [0.2, 0.25) is 0 Å². The quantitative estimate of drug-likeness (QED) is 0.705. The molecule has 1 heterocycles. The van der Waals surface area contributed by atoms with Gasteiger partial charge in [0.25, 0.3) is 5.91 Å². The van der Waals surface area contributed by atoms with Crippen molar-refractivity contribution in [1.29, 1.82) is 0 Å². The average Bonchev–Trinajstić information content (AvgIpc) is 2.73. The highest BCUT2D eigenvalue weighted by Gasteiger charge is 2.42. The standard InChI is InChI=1S/C26H27FN2O3/c1-15-22(25(31)29-19-8-6-5-7-18(19)27)23(16-9-11-17(32-4)12-10-16)24-20(28-15)13-26(2,3)14-21(24)30/h5-12,23,28H,13-14H2,1-4H3,(H,29,31)/t23-/m0/s1. The lowest BCUT2D eigenvalue weighted by Crippen LogP contribution is -2.39. The van der Waals surface area contributed by atoms with Gasteiger partial charge in [0.1, 0.15) is 11.6 Å². The van der Waals surface area contributed by atoms with Gasteiger partial charge in [-0.1, -0.05) is 38.1 Å². The van der Waals surface area contributed by atoms with Gasteiger partial charge in [-0.3, -0.25) is 9.59 Å². The zero-order valence-electron chi connectivity index (χ0n) is 18.7. The monoisotopic (exact) mass is 434 g/mol. The molecule has 0 saturated heterocycles. The molecule has 2 aromatic rings.